The van der Waals surface area contributed by atoms with E-state index in [-0.39, 0.29) is 11.7 Å². The molecule has 0 amide bonds. The summed E-state index contributed by atoms with van der Waals surface area (Å²) in [5, 5.41) is 0. The number of carbonyl (C=O) groups excluding carboxylic acids is 1. The van der Waals surface area contributed by atoms with E-state index in [9.17, 15) is 4.79 Å². The Hall–Kier alpha value is -0.630. The predicted molar refractivity (Wildman–Crippen MR) is 59.7 cm³/mol. The molecule has 0 aromatic heterocycles. The first kappa shape index (κ1) is 10.9. The Labute approximate surface area is 91.7 Å². The fourth-order valence-electron chi connectivity index (χ4n) is 2.80. The smallest absolute Gasteiger partial charge is 0.138 e. The maximum Gasteiger partial charge on any atom is 0.138 e. The van der Waals surface area contributed by atoms with Crippen molar-refractivity contribution in [3.8, 4) is 0 Å². The van der Waals surface area contributed by atoms with Gasteiger partial charge in [-0.05, 0) is 45.1 Å². The fourth-order valence-corrected chi connectivity index (χ4v) is 2.80. The summed E-state index contributed by atoms with van der Waals surface area (Å²) in [5.74, 6) is 0.350. The van der Waals surface area contributed by atoms with Crippen molar-refractivity contribution in [1.82, 2.24) is 0 Å². The van der Waals surface area contributed by atoms with Gasteiger partial charge in [0.05, 0.1) is 11.7 Å². The second-order valence-electron chi connectivity index (χ2n) is 5.05. The van der Waals surface area contributed by atoms with Gasteiger partial charge in [-0.1, -0.05) is 6.08 Å². The standard InChI is InChI=1S/C13H20O2/c1-10-8-12(14)9-13(2,15-10)11-6-4-3-5-7-11/h6,10H,3-5,7-9H2,1-2H3/t10-,13-/m1/s1. The first-order valence-electron chi connectivity index (χ1n) is 5.99. The summed E-state index contributed by atoms with van der Waals surface area (Å²) < 4.78 is 5.99. The molecule has 1 aliphatic heterocycles. The Balaban J connectivity index is 2.16. The highest BCUT2D eigenvalue weighted by molar-refractivity contribution is 5.81. The number of ether oxygens (including phenoxy) is 1. The zero-order valence-electron chi connectivity index (χ0n) is 9.71. The Bertz CT molecular complexity index is 293. The number of rotatable bonds is 1. The molecule has 2 rings (SSSR count). The zero-order valence-corrected chi connectivity index (χ0v) is 9.71. The summed E-state index contributed by atoms with van der Waals surface area (Å²) in [7, 11) is 0. The van der Waals surface area contributed by atoms with Gasteiger partial charge >= 0.3 is 0 Å². The number of hydrogen-bond donors (Lipinski definition) is 0. The molecule has 0 unspecified atom stereocenters. The van der Waals surface area contributed by atoms with Gasteiger partial charge in [-0.2, -0.15) is 0 Å². The van der Waals surface area contributed by atoms with Crippen molar-refractivity contribution in [1.29, 1.82) is 0 Å². The molecule has 2 nitrogen and oxygen atoms in total. The lowest BCUT2D eigenvalue weighted by atomic mass is 9.81. The van der Waals surface area contributed by atoms with Crippen LogP contribution < -0.4 is 0 Å². The normalized spacial score (nSPS) is 37.6. The van der Waals surface area contributed by atoms with Crippen LogP contribution in [0.1, 0.15) is 52.4 Å². The molecule has 0 saturated carbocycles. The highest BCUT2D eigenvalue weighted by atomic mass is 16.5. The van der Waals surface area contributed by atoms with E-state index in [1.54, 1.807) is 0 Å². The molecule has 1 aliphatic carbocycles. The lowest BCUT2D eigenvalue weighted by Gasteiger charge is -2.39. The van der Waals surface area contributed by atoms with E-state index in [2.05, 4.69) is 13.0 Å². The predicted octanol–water partition coefficient (Wildman–Crippen LogP) is 3.01. The summed E-state index contributed by atoms with van der Waals surface area (Å²) >= 11 is 0. The molecule has 1 saturated heterocycles. The largest absolute Gasteiger partial charge is 0.367 e. The number of hydrogen-bond acceptors (Lipinski definition) is 2. The summed E-state index contributed by atoms with van der Waals surface area (Å²) in [6, 6.07) is 0. The van der Waals surface area contributed by atoms with Gasteiger partial charge < -0.3 is 4.74 Å². The van der Waals surface area contributed by atoms with Crippen LogP contribution in [0.25, 0.3) is 0 Å². The van der Waals surface area contributed by atoms with Gasteiger partial charge in [0.1, 0.15) is 5.78 Å². The first-order valence-corrected chi connectivity index (χ1v) is 5.99. The minimum Gasteiger partial charge on any atom is -0.367 e. The molecule has 2 heteroatoms. The second kappa shape index (κ2) is 4.09. The van der Waals surface area contributed by atoms with Gasteiger partial charge in [-0.15, -0.1) is 0 Å². The quantitative estimate of drug-likeness (QED) is 0.619. The minimum atomic E-state index is -0.296. The van der Waals surface area contributed by atoms with Crippen molar-refractivity contribution in [2.75, 3.05) is 0 Å². The third-order valence-electron chi connectivity index (χ3n) is 3.48. The molecular formula is C13H20O2. The molecule has 2 aliphatic rings. The van der Waals surface area contributed by atoms with Crippen LogP contribution in [-0.2, 0) is 9.53 Å². The monoisotopic (exact) mass is 208 g/mol. The summed E-state index contributed by atoms with van der Waals surface area (Å²) in [6.45, 7) is 4.08. The number of ketones is 1. The van der Waals surface area contributed by atoms with Crippen LogP contribution in [0.2, 0.25) is 0 Å². The fraction of sp³-hybridized carbons (Fsp3) is 0.769. The van der Waals surface area contributed by atoms with Crippen LogP contribution in [0, 0.1) is 0 Å². The Morgan fingerprint density at radius 1 is 1.47 bits per heavy atom. The van der Waals surface area contributed by atoms with Crippen molar-refractivity contribution in [3.63, 3.8) is 0 Å². The van der Waals surface area contributed by atoms with E-state index in [4.69, 9.17) is 4.74 Å². The third kappa shape index (κ3) is 2.31. The Morgan fingerprint density at radius 2 is 2.27 bits per heavy atom. The van der Waals surface area contributed by atoms with Crippen LogP contribution in [0.5, 0.6) is 0 Å². The molecule has 15 heavy (non-hydrogen) atoms. The van der Waals surface area contributed by atoms with E-state index in [0.29, 0.717) is 18.6 Å². The van der Waals surface area contributed by atoms with E-state index in [1.165, 1.54) is 18.4 Å². The first-order chi connectivity index (χ1) is 7.10. The molecule has 1 fully saturated rings. The average Bonchev–Trinajstić information content (AvgIpc) is 2.17. The molecule has 2 atom stereocenters. The van der Waals surface area contributed by atoms with E-state index < -0.39 is 0 Å². The van der Waals surface area contributed by atoms with Crippen LogP contribution in [0.3, 0.4) is 0 Å². The van der Waals surface area contributed by atoms with Gasteiger partial charge in [0.2, 0.25) is 0 Å². The molecule has 0 N–H and O–H groups in total. The molecule has 1 heterocycles. The highest BCUT2D eigenvalue weighted by Gasteiger charge is 2.38. The van der Waals surface area contributed by atoms with Crippen LogP contribution in [0.15, 0.2) is 11.6 Å². The van der Waals surface area contributed by atoms with Crippen LogP contribution in [0.4, 0.5) is 0 Å². The number of allylic oxidation sites excluding steroid dienone is 1. The molecule has 84 valence electrons. The molecule has 0 radical (unpaired) electrons. The van der Waals surface area contributed by atoms with Crippen LogP contribution >= 0.6 is 0 Å². The average molecular weight is 208 g/mol. The van der Waals surface area contributed by atoms with Gasteiger partial charge in [-0.3, -0.25) is 4.79 Å². The molecule has 0 aromatic carbocycles. The maximum absolute atomic E-state index is 11.6. The minimum absolute atomic E-state index is 0.0825. The van der Waals surface area contributed by atoms with Gasteiger partial charge in [0.25, 0.3) is 0 Å². The van der Waals surface area contributed by atoms with Crippen molar-refractivity contribution < 1.29 is 9.53 Å². The zero-order chi connectivity index (χ0) is 10.9. The second-order valence-corrected chi connectivity index (χ2v) is 5.05. The number of carbonyl (C=O) groups is 1. The highest BCUT2D eigenvalue weighted by Crippen LogP contribution is 2.37. The van der Waals surface area contributed by atoms with Crippen molar-refractivity contribution in [3.05, 3.63) is 11.6 Å². The Kier molecular flexibility index (Phi) is 2.96. The van der Waals surface area contributed by atoms with Gasteiger partial charge in [0.15, 0.2) is 0 Å². The van der Waals surface area contributed by atoms with E-state index in [0.717, 1.165) is 12.8 Å². The van der Waals surface area contributed by atoms with E-state index >= 15 is 0 Å². The van der Waals surface area contributed by atoms with Gasteiger partial charge in [0, 0.05) is 12.8 Å². The third-order valence-corrected chi connectivity index (χ3v) is 3.48. The molecule has 0 spiro atoms. The van der Waals surface area contributed by atoms with Gasteiger partial charge in [-0.25, -0.2) is 0 Å². The van der Waals surface area contributed by atoms with E-state index in [1.807, 2.05) is 6.92 Å². The summed E-state index contributed by atoms with van der Waals surface area (Å²) in [4.78, 5) is 11.6. The molecule has 0 aromatic rings. The molecular weight excluding hydrogens is 188 g/mol. The van der Waals surface area contributed by atoms with Crippen molar-refractivity contribution in [2.45, 2.75) is 64.1 Å². The van der Waals surface area contributed by atoms with Crippen LogP contribution in [-0.4, -0.2) is 17.5 Å². The SMILES string of the molecule is C[C@@H]1CC(=O)C[C@](C)(C2=CCCCC2)O1. The maximum atomic E-state index is 11.6. The Morgan fingerprint density at radius 3 is 2.87 bits per heavy atom. The lowest BCUT2D eigenvalue weighted by Crippen LogP contribution is -2.43. The molecule has 0 bridgehead atoms. The number of Topliss-reactive ketones (excluding diaryl/α,β-unsaturated/α-hetero) is 1. The lowest BCUT2D eigenvalue weighted by molar-refractivity contribution is -0.143. The summed E-state index contributed by atoms with van der Waals surface area (Å²) in [5.41, 5.74) is 1.06. The topological polar surface area (TPSA) is 26.3 Å². The van der Waals surface area contributed by atoms with Crippen molar-refractivity contribution in [2.24, 2.45) is 0 Å². The van der Waals surface area contributed by atoms with Crippen molar-refractivity contribution >= 4 is 5.78 Å². The summed E-state index contributed by atoms with van der Waals surface area (Å²) in [6.07, 6.45) is 8.31.